The first kappa shape index (κ1) is 12.0. The van der Waals surface area contributed by atoms with E-state index in [0.29, 0.717) is 0 Å². The highest BCUT2D eigenvalue weighted by molar-refractivity contribution is 7.59. The lowest BCUT2D eigenvalue weighted by Crippen LogP contribution is -2.27. The number of halogens is 2. The summed E-state index contributed by atoms with van der Waals surface area (Å²) in [6.07, 6.45) is 0. The maximum Gasteiger partial charge on any atom is 0.323 e. The summed E-state index contributed by atoms with van der Waals surface area (Å²) in [4.78, 5) is 9.10. The van der Waals surface area contributed by atoms with Crippen LogP contribution in [0.3, 0.4) is 0 Å². The first-order chi connectivity index (χ1) is 5.14. The average molecular weight is 200 g/mol. The average Bonchev–Trinajstić information content (AvgIpc) is 1.86. The molecular weight excluding hydrogens is 185 g/mol. The van der Waals surface area contributed by atoms with Crippen LogP contribution in [0.2, 0.25) is 0 Å². The molecule has 1 unspecified atom stereocenters. The Kier molecular flexibility index (Phi) is 3.44. The van der Waals surface area contributed by atoms with Crippen molar-refractivity contribution in [2.75, 3.05) is 0 Å². The molecule has 0 aliphatic rings. The van der Waals surface area contributed by atoms with Gasteiger partial charge in [0.25, 0.3) is 7.37 Å². The summed E-state index contributed by atoms with van der Waals surface area (Å²) in [7, 11) is -4.36. The Morgan fingerprint density at radius 3 is 1.67 bits per heavy atom. The third kappa shape index (κ3) is 1.86. The van der Waals surface area contributed by atoms with Crippen molar-refractivity contribution in [1.29, 1.82) is 0 Å². The van der Waals surface area contributed by atoms with E-state index in [0.717, 1.165) is 0 Å². The Labute approximate surface area is 71.4 Å². The third-order valence-corrected chi connectivity index (χ3v) is 4.59. The molecule has 0 aliphatic heterocycles. The first-order valence-electron chi connectivity index (χ1n) is 3.84. The molecule has 0 aromatic rings. The summed E-state index contributed by atoms with van der Waals surface area (Å²) >= 11 is 0. The fourth-order valence-corrected chi connectivity index (χ4v) is 2.14. The molecule has 74 valence electrons. The van der Waals surface area contributed by atoms with E-state index in [1.165, 1.54) is 27.7 Å². The van der Waals surface area contributed by atoms with Crippen molar-refractivity contribution in [2.45, 2.75) is 39.0 Å². The molecule has 0 spiro atoms. The monoisotopic (exact) mass is 200 g/mol. The van der Waals surface area contributed by atoms with Crippen molar-refractivity contribution in [1.82, 2.24) is 0 Å². The van der Waals surface area contributed by atoms with E-state index in [2.05, 4.69) is 0 Å². The Balaban J connectivity index is 4.89. The fraction of sp³-hybridized carbons (Fsp3) is 1.00. The molecule has 0 saturated heterocycles. The normalized spacial score (nSPS) is 18.4. The van der Waals surface area contributed by atoms with Gasteiger partial charge in [0.1, 0.15) is 0 Å². The molecule has 5 heteroatoms. The zero-order valence-corrected chi connectivity index (χ0v) is 8.61. The summed E-state index contributed by atoms with van der Waals surface area (Å²) in [6, 6.07) is 0. The number of hydrogen-bond donors (Lipinski definition) is 1. The second-order valence-electron chi connectivity index (χ2n) is 3.46. The Bertz CT molecular complexity index is 202. The highest BCUT2D eigenvalue weighted by Crippen LogP contribution is 2.62. The molecule has 0 aliphatic carbocycles. The molecule has 0 saturated carbocycles. The van der Waals surface area contributed by atoms with Crippen LogP contribution < -0.4 is 0 Å². The van der Waals surface area contributed by atoms with Crippen molar-refractivity contribution < 1.29 is 18.2 Å². The Morgan fingerprint density at radius 2 is 1.58 bits per heavy atom. The highest BCUT2D eigenvalue weighted by atomic mass is 31.2. The van der Waals surface area contributed by atoms with Gasteiger partial charge < -0.3 is 4.89 Å². The summed E-state index contributed by atoms with van der Waals surface area (Å²) < 4.78 is 37.3. The highest BCUT2D eigenvalue weighted by Gasteiger charge is 2.53. The standard InChI is InChI=1S/C7H15F2O2P/c1-5(2)7(8,9)12(10,11)6(3)4/h5-6H,1-4H3,(H,10,11). The zero-order valence-electron chi connectivity index (χ0n) is 7.71. The maximum absolute atomic E-state index is 13.1. The molecule has 0 bridgehead atoms. The van der Waals surface area contributed by atoms with Crippen LogP contribution in [0, 0.1) is 5.92 Å². The lowest BCUT2D eigenvalue weighted by atomic mass is 10.2. The minimum Gasteiger partial charge on any atom is -0.340 e. The zero-order chi connectivity index (χ0) is 10.2. The van der Waals surface area contributed by atoms with Crippen molar-refractivity contribution in [3.05, 3.63) is 0 Å². The second-order valence-corrected chi connectivity index (χ2v) is 6.33. The molecule has 0 amide bonds. The van der Waals surface area contributed by atoms with Gasteiger partial charge >= 0.3 is 5.66 Å². The van der Waals surface area contributed by atoms with E-state index in [1.807, 2.05) is 0 Å². The molecule has 0 aromatic carbocycles. The minimum atomic E-state index is -4.36. The van der Waals surface area contributed by atoms with Crippen LogP contribution in [0.25, 0.3) is 0 Å². The SMILES string of the molecule is CC(C)C(F)(F)P(=O)(O)C(C)C. The summed E-state index contributed by atoms with van der Waals surface area (Å²) in [5.74, 6) is -1.10. The summed E-state index contributed by atoms with van der Waals surface area (Å²) in [5, 5.41) is 0. The van der Waals surface area contributed by atoms with Gasteiger partial charge in [0.05, 0.1) is 0 Å². The molecule has 0 aromatic heterocycles. The molecule has 2 nitrogen and oxygen atoms in total. The lowest BCUT2D eigenvalue weighted by Gasteiger charge is -2.28. The molecule has 0 fully saturated rings. The van der Waals surface area contributed by atoms with E-state index in [4.69, 9.17) is 4.89 Å². The van der Waals surface area contributed by atoms with Crippen molar-refractivity contribution in [3.63, 3.8) is 0 Å². The Morgan fingerprint density at radius 1 is 1.25 bits per heavy atom. The quantitative estimate of drug-likeness (QED) is 0.711. The largest absolute Gasteiger partial charge is 0.340 e. The van der Waals surface area contributed by atoms with Gasteiger partial charge in [-0.25, -0.2) is 0 Å². The topological polar surface area (TPSA) is 37.3 Å². The number of hydrogen-bond acceptors (Lipinski definition) is 1. The van der Waals surface area contributed by atoms with Crippen LogP contribution in [0.15, 0.2) is 0 Å². The van der Waals surface area contributed by atoms with E-state index in [1.54, 1.807) is 0 Å². The molecular formula is C7H15F2O2P. The van der Waals surface area contributed by atoms with Crippen molar-refractivity contribution in [3.8, 4) is 0 Å². The molecule has 1 atom stereocenters. The van der Waals surface area contributed by atoms with Crippen molar-refractivity contribution in [2.24, 2.45) is 5.92 Å². The Hall–Kier alpha value is 0.0500. The van der Waals surface area contributed by atoms with Gasteiger partial charge in [-0.1, -0.05) is 27.7 Å². The maximum atomic E-state index is 13.1. The second kappa shape index (κ2) is 3.43. The number of alkyl halides is 2. The predicted molar refractivity (Wildman–Crippen MR) is 44.7 cm³/mol. The van der Waals surface area contributed by atoms with Crippen LogP contribution in [0.4, 0.5) is 8.78 Å². The minimum absolute atomic E-state index is 0.894. The van der Waals surface area contributed by atoms with Gasteiger partial charge in [-0.3, -0.25) is 4.57 Å². The van der Waals surface area contributed by atoms with Gasteiger partial charge in [0.15, 0.2) is 0 Å². The molecule has 1 N–H and O–H groups in total. The first-order valence-corrected chi connectivity index (χ1v) is 5.57. The smallest absolute Gasteiger partial charge is 0.323 e. The van der Waals surface area contributed by atoms with E-state index < -0.39 is 24.6 Å². The van der Waals surface area contributed by atoms with Crippen LogP contribution in [0.1, 0.15) is 27.7 Å². The molecule has 0 heterocycles. The summed E-state index contributed by atoms with van der Waals surface area (Å²) in [5.41, 5.74) is -4.36. The predicted octanol–water partition coefficient (Wildman–Crippen LogP) is 2.91. The lowest BCUT2D eigenvalue weighted by molar-refractivity contribution is 0.0275. The molecule has 0 radical (unpaired) electrons. The fourth-order valence-electron chi connectivity index (χ4n) is 0.714. The van der Waals surface area contributed by atoms with Crippen LogP contribution in [0.5, 0.6) is 0 Å². The van der Waals surface area contributed by atoms with Crippen LogP contribution in [-0.2, 0) is 4.57 Å². The van der Waals surface area contributed by atoms with Gasteiger partial charge in [0.2, 0.25) is 0 Å². The van der Waals surface area contributed by atoms with Crippen LogP contribution in [-0.4, -0.2) is 16.2 Å². The van der Waals surface area contributed by atoms with Gasteiger partial charge in [-0.2, -0.15) is 8.78 Å². The summed E-state index contributed by atoms with van der Waals surface area (Å²) in [6.45, 7) is 5.14. The van der Waals surface area contributed by atoms with E-state index >= 15 is 0 Å². The molecule has 12 heavy (non-hydrogen) atoms. The van der Waals surface area contributed by atoms with Crippen molar-refractivity contribution >= 4 is 7.37 Å². The van der Waals surface area contributed by atoms with Gasteiger partial charge in [0, 0.05) is 11.6 Å². The third-order valence-electron chi connectivity index (χ3n) is 1.82. The van der Waals surface area contributed by atoms with E-state index in [-0.39, 0.29) is 0 Å². The van der Waals surface area contributed by atoms with Crippen LogP contribution >= 0.6 is 7.37 Å². The van der Waals surface area contributed by atoms with Gasteiger partial charge in [-0.15, -0.1) is 0 Å². The molecule has 0 rings (SSSR count). The number of rotatable bonds is 3. The van der Waals surface area contributed by atoms with E-state index in [9.17, 15) is 13.3 Å². The van der Waals surface area contributed by atoms with Gasteiger partial charge in [-0.05, 0) is 0 Å².